The molecule has 96 valence electrons. The van der Waals surface area contributed by atoms with E-state index >= 15 is 0 Å². The molecule has 0 aromatic heterocycles. The quantitative estimate of drug-likeness (QED) is 0.607. The van der Waals surface area contributed by atoms with Crippen LogP contribution in [0.1, 0.15) is 38.2 Å². The fourth-order valence-electron chi connectivity index (χ4n) is 1.68. The molecule has 4 nitrogen and oxygen atoms in total. The topological polar surface area (TPSA) is 74.6 Å². The zero-order chi connectivity index (χ0) is 12.9. The van der Waals surface area contributed by atoms with Crippen LogP contribution in [0.3, 0.4) is 0 Å². The Labute approximate surface area is 102 Å². The summed E-state index contributed by atoms with van der Waals surface area (Å²) in [6, 6.07) is 4.31. The number of aromatic hydroxyl groups is 1. The van der Waals surface area contributed by atoms with Gasteiger partial charge < -0.3 is 5.11 Å². The van der Waals surface area contributed by atoms with Gasteiger partial charge in [-0.25, -0.2) is 0 Å². The Balaban J connectivity index is 2.76. The van der Waals surface area contributed by atoms with E-state index in [1.54, 1.807) is 6.07 Å². The fourth-order valence-corrected chi connectivity index (χ4v) is 2.31. The van der Waals surface area contributed by atoms with Crippen molar-refractivity contribution in [2.45, 2.75) is 43.9 Å². The second-order valence-electron chi connectivity index (χ2n) is 4.09. The Morgan fingerprint density at radius 3 is 2.47 bits per heavy atom. The summed E-state index contributed by atoms with van der Waals surface area (Å²) >= 11 is 0. The lowest BCUT2D eigenvalue weighted by Crippen LogP contribution is -1.99. The van der Waals surface area contributed by atoms with Gasteiger partial charge in [-0.2, -0.15) is 8.42 Å². The molecule has 0 saturated heterocycles. The van der Waals surface area contributed by atoms with Crippen molar-refractivity contribution in [1.82, 2.24) is 0 Å². The second kappa shape index (κ2) is 6.02. The van der Waals surface area contributed by atoms with Gasteiger partial charge in [0.2, 0.25) is 0 Å². The molecule has 17 heavy (non-hydrogen) atoms. The number of hydrogen-bond acceptors (Lipinski definition) is 3. The number of benzene rings is 1. The van der Waals surface area contributed by atoms with E-state index in [0.717, 1.165) is 37.7 Å². The lowest BCUT2D eigenvalue weighted by molar-refractivity contribution is 0.443. The third-order valence-corrected chi connectivity index (χ3v) is 3.50. The fraction of sp³-hybridized carbons (Fsp3) is 0.500. The molecule has 5 heteroatoms. The van der Waals surface area contributed by atoms with Gasteiger partial charge >= 0.3 is 0 Å². The van der Waals surface area contributed by atoms with Crippen LogP contribution in [-0.4, -0.2) is 18.1 Å². The standard InChI is InChI=1S/C12H18O4S/c1-2-3-4-5-6-10-7-8-11(13)12(9-10)17(14,15)16/h7-9,13H,2-6H2,1H3,(H,14,15,16). The summed E-state index contributed by atoms with van der Waals surface area (Å²) in [5, 5.41) is 9.34. The van der Waals surface area contributed by atoms with Crippen LogP contribution in [0, 0.1) is 0 Å². The van der Waals surface area contributed by atoms with Crippen molar-refractivity contribution in [3.63, 3.8) is 0 Å². The normalized spacial score (nSPS) is 11.6. The highest BCUT2D eigenvalue weighted by molar-refractivity contribution is 7.86. The summed E-state index contributed by atoms with van der Waals surface area (Å²) in [7, 11) is -4.34. The molecular weight excluding hydrogens is 240 g/mol. The molecule has 2 N–H and O–H groups in total. The number of phenolic OH excluding ortho intramolecular Hbond substituents is 1. The molecule has 1 rings (SSSR count). The minimum Gasteiger partial charge on any atom is -0.506 e. The van der Waals surface area contributed by atoms with Gasteiger partial charge in [0, 0.05) is 0 Å². The van der Waals surface area contributed by atoms with Crippen molar-refractivity contribution >= 4 is 10.1 Å². The third kappa shape index (κ3) is 4.36. The van der Waals surface area contributed by atoms with Gasteiger partial charge in [0.15, 0.2) is 0 Å². The van der Waals surface area contributed by atoms with E-state index < -0.39 is 20.8 Å². The van der Waals surface area contributed by atoms with Gasteiger partial charge in [0.25, 0.3) is 10.1 Å². The molecule has 0 fully saturated rings. The first-order chi connectivity index (χ1) is 7.95. The summed E-state index contributed by atoms with van der Waals surface area (Å²) in [6.45, 7) is 2.12. The number of aryl methyl sites for hydroxylation is 1. The molecule has 0 aliphatic heterocycles. The highest BCUT2D eigenvalue weighted by Gasteiger charge is 2.15. The predicted octanol–water partition coefficient (Wildman–Crippen LogP) is 2.76. The van der Waals surface area contributed by atoms with Crippen LogP contribution >= 0.6 is 0 Å². The lowest BCUT2D eigenvalue weighted by Gasteiger charge is -2.05. The van der Waals surface area contributed by atoms with Gasteiger partial charge in [0.1, 0.15) is 10.6 Å². The molecule has 1 aromatic carbocycles. The molecule has 0 heterocycles. The van der Waals surface area contributed by atoms with Crippen molar-refractivity contribution in [1.29, 1.82) is 0 Å². The number of phenols is 1. The third-order valence-electron chi connectivity index (χ3n) is 2.62. The van der Waals surface area contributed by atoms with Gasteiger partial charge in [-0.15, -0.1) is 0 Å². The van der Waals surface area contributed by atoms with Crippen molar-refractivity contribution in [3.8, 4) is 5.75 Å². The number of hydrogen-bond donors (Lipinski definition) is 2. The molecule has 0 saturated carbocycles. The van der Waals surface area contributed by atoms with Crippen molar-refractivity contribution in [3.05, 3.63) is 23.8 Å². The Kier molecular flexibility index (Phi) is 4.96. The number of unbranched alkanes of at least 4 members (excludes halogenated alkanes) is 3. The van der Waals surface area contributed by atoms with Gasteiger partial charge in [0.05, 0.1) is 0 Å². The van der Waals surface area contributed by atoms with E-state index in [1.165, 1.54) is 12.1 Å². The largest absolute Gasteiger partial charge is 0.506 e. The van der Waals surface area contributed by atoms with Crippen LogP contribution in [-0.2, 0) is 16.5 Å². The van der Waals surface area contributed by atoms with Gasteiger partial charge in [-0.05, 0) is 30.5 Å². The van der Waals surface area contributed by atoms with E-state index in [4.69, 9.17) is 4.55 Å². The van der Waals surface area contributed by atoms with Gasteiger partial charge in [-0.1, -0.05) is 32.3 Å². The average Bonchev–Trinajstić information content (AvgIpc) is 2.25. The summed E-state index contributed by atoms with van der Waals surface area (Å²) < 4.78 is 30.9. The molecular formula is C12H18O4S. The highest BCUT2D eigenvalue weighted by Crippen LogP contribution is 2.24. The Morgan fingerprint density at radius 1 is 1.18 bits per heavy atom. The van der Waals surface area contributed by atoms with E-state index in [9.17, 15) is 13.5 Å². The monoisotopic (exact) mass is 258 g/mol. The van der Waals surface area contributed by atoms with E-state index in [-0.39, 0.29) is 0 Å². The Morgan fingerprint density at radius 2 is 1.88 bits per heavy atom. The van der Waals surface area contributed by atoms with Crippen LogP contribution in [0.5, 0.6) is 5.75 Å². The van der Waals surface area contributed by atoms with Crippen molar-refractivity contribution < 1.29 is 18.1 Å². The summed E-state index contributed by atoms with van der Waals surface area (Å²) in [4.78, 5) is -0.412. The molecule has 0 radical (unpaired) electrons. The maximum Gasteiger partial charge on any atom is 0.298 e. The number of rotatable bonds is 6. The maximum atomic E-state index is 11.0. The Hall–Kier alpha value is -1.07. The SMILES string of the molecule is CCCCCCc1ccc(O)c(S(=O)(=O)O)c1. The highest BCUT2D eigenvalue weighted by atomic mass is 32.2. The first-order valence-corrected chi connectivity index (χ1v) is 7.18. The van der Waals surface area contributed by atoms with Crippen LogP contribution in [0.25, 0.3) is 0 Å². The summed E-state index contributed by atoms with van der Waals surface area (Å²) in [5.74, 6) is -0.412. The first-order valence-electron chi connectivity index (χ1n) is 5.74. The van der Waals surface area contributed by atoms with Crippen LogP contribution in [0.4, 0.5) is 0 Å². The second-order valence-corrected chi connectivity index (χ2v) is 5.48. The van der Waals surface area contributed by atoms with E-state index in [2.05, 4.69) is 6.92 Å². The smallest absolute Gasteiger partial charge is 0.298 e. The molecule has 0 aliphatic carbocycles. The zero-order valence-electron chi connectivity index (χ0n) is 9.89. The summed E-state index contributed by atoms with van der Waals surface area (Å²) in [6.07, 6.45) is 5.13. The zero-order valence-corrected chi connectivity index (χ0v) is 10.7. The minimum atomic E-state index is -4.34. The van der Waals surface area contributed by atoms with Crippen LogP contribution < -0.4 is 0 Å². The molecule has 1 aromatic rings. The van der Waals surface area contributed by atoms with Gasteiger partial charge in [-0.3, -0.25) is 4.55 Å². The Bertz CT molecular complexity index is 465. The van der Waals surface area contributed by atoms with E-state index in [0.29, 0.717) is 0 Å². The van der Waals surface area contributed by atoms with Crippen molar-refractivity contribution in [2.75, 3.05) is 0 Å². The van der Waals surface area contributed by atoms with E-state index in [1.807, 2.05) is 0 Å². The maximum absolute atomic E-state index is 11.0. The molecule has 0 unspecified atom stereocenters. The summed E-state index contributed by atoms with van der Waals surface area (Å²) in [5.41, 5.74) is 0.812. The average molecular weight is 258 g/mol. The predicted molar refractivity (Wildman–Crippen MR) is 65.8 cm³/mol. The molecule has 0 aliphatic rings. The van der Waals surface area contributed by atoms with Crippen LogP contribution in [0.15, 0.2) is 23.1 Å². The molecule has 0 amide bonds. The molecule has 0 spiro atoms. The first kappa shape index (κ1) is 14.0. The minimum absolute atomic E-state index is 0.412. The molecule has 0 atom stereocenters. The van der Waals surface area contributed by atoms with Crippen LogP contribution in [0.2, 0.25) is 0 Å². The molecule has 0 bridgehead atoms. The lowest BCUT2D eigenvalue weighted by atomic mass is 10.1. The van der Waals surface area contributed by atoms with Crippen molar-refractivity contribution in [2.24, 2.45) is 0 Å².